The summed E-state index contributed by atoms with van der Waals surface area (Å²) in [6.45, 7) is -0.291. The van der Waals surface area contributed by atoms with Gasteiger partial charge in [0.25, 0.3) is 5.91 Å². The summed E-state index contributed by atoms with van der Waals surface area (Å²) in [6, 6.07) is 5.06. The molecule has 23 heavy (non-hydrogen) atoms. The summed E-state index contributed by atoms with van der Waals surface area (Å²) in [7, 11) is 3.06. The van der Waals surface area contributed by atoms with E-state index in [1.54, 1.807) is 25.3 Å². The van der Waals surface area contributed by atoms with Gasteiger partial charge in [0.2, 0.25) is 0 Å². The number of esters is 1. The second-order valence-corrected chi connectivity index (χ2v) is 5.63. The molecule has 1 aliphatic rings. The molecule has 0 bridgehead atoms. The molecule has 6 nitrogen and oxygen atoms in total. The van der Waals surface area contributed by atoms with E-state index in [4.69, 9.17) is 14.2 Å². The van der Waals surface area contributed by atoms with E-state index >= 15 is 0 Å². The van der Waals surface area contributed by atoms with Crippen LogP contribution in [-0.2, 0) is 14.3 Å². The zero-order valence-electron chi connectivity index (χ0n) is 13.6. The maximum atomic E-state index is 11.9. The fourth-order valence-corrected chi connectivity index (χ4v) is 2.74. The molecule has 1 aromatic carbocycles. The number of hydrogen-bond donors (Lipinski definition) is 1. The van der Waals surface area contributed by atoms with Crippen molar-refractivity contribution in [2.75, 3.05) is 26.1 Å². The minimum Gasteiger partial charge on any atom is -0.497 e. The van der Waals surface area contributed by atoms with Gasteiger partial charge >= 0.3 is 5.97 Å². The molecule has 0 saturated heterocycles. The van der Waals surface area contributed by atoms with Gasteiger partial charge in [-0.1, -0.05) is 12.8 Å². The second-order valence-electron chi connectivity index (χ2n) is 5.63. The molecular formula is C17H23NO5. The van der Waals surface area contributed by atoms with Crippen molar-refractivity contribution in [3.63, 3.8) is 0 Å². The number of nitrogens with one attached hydrogen (secondary N) is 1. The minimum absolute atomic E-state index is 0.291. The summed E-state index contributed by atoms with van der Waals surface area (Å²) in [5.74, 6) is 0.812. The Morgan fingerprint density at radius 1 is 1.17 bits per heavy atom. The van der Waals surface area contributed by atoms with Crippen LogP contribution in [0.1, 0.15) is 32.1 Å². The van der Waals surface area contributed by atoms with Crippen LogP contribution in [0.5, 0.6) is 11.5 Å². The standard InChI is InChI=1S/C17H23NO5/c1-21-13-7-8-14(15(10-13)22-2)18-16(19)11-23-17(20)9-12-5-3-4-6-12/h7-8,10,12H,3-6,9,11H2,1-2H3,(H,18,19). The molecule has 0 atom stereocenters. The van der Waals surface area contributed by atoms with Gasteiger partial charge in [0.1, 0.15) is 11.5 Å². The van der Waals surface area contributed by atoms with Gasteiger partial charge in [-0.25, -0.2) is 0 Å². The lowest BCUT2D eigenvalue weighted by Crippen LogP contribution is -2.22. The van der Waals surface area contributed by atoms with E-state index in [0.717, 1.165) is 12.8 Å². The lowest BCUT2D eigenvalue weighted by molar-refractivity contribution is -0.148. The van der Waals surface area contributed by atoms with E-state index in [9.17, 15) is 9.59 Å². The number of ether oxygens (including phenoxy) is 3. The Bertz CT molecular complexity index is 552. The highest BCUT2D eigenvalue weighted by molar-refractivity contribution is 5.94. The highest BCUT2D eigenvalue weighted by atomic mass is 16.5. The molecule has 1 aromatic rings. The number of carbonyl (C=O) groups is 2. The van der Waals surface area contributed by atoms with Crippen LogP contribution in [0.25, 0.3) is 0 Å². The minimum atomic E-state index is -0.395. The summed E-state index contributed by atoms with van der Waals surface area (Å²) < 4.78 is 15.3. The average molecular weight is 321 g/mol. The predicted octanol–water partition coefficient (Wildman–Crippen LogP) is 2.77. The molecule has 0 aliphatic heterocycles. The zero-order chi connectivity index (χ0) is 16.7. The molecule has 2 rings (SSSR count). The quantitative estimate of drug-likeness (QED) is 0.782. The zero-order valence-corrected chi connectivity index (χ0v) is 13.6. The lowest BCUT2D eigenvalue weighted by atomic mass is 10.1. The van der Waals surface area contributed by atoms with Crippen molar-refractivity contribution in [2.45, 2.75) is 32.1 Å². The van der Waals surface area contributed by atoms with Crippen LogP contribution < -0.4 is 14.8 Å². The van der Waals surface area contributed by atoms with Crippen molar-refractivity contribution in [1.29, 1.82) is 0 Å². The molecule has 1 saturated carbocycles. The first-order valence-corrected chi connectivity index (χ1v) is 7.80. The van der Waals surface area contributed by atoms with E-state index in [1.807, 2.05) is 0 Å². The third-order valence-electron chi connectivity index (χ3n) is 3.98. The van der Waals surface area contributed by atoms with Crippen LogP contribution in [0.2, 0.25) is 0 Å². The van der Waals surface area contributed by atoms with Crippen molar-refractivity contribution in [3.05, 3.63) is 18.2 Å². The highest BCUT2D eigenvalue weighted by Gasteiger charge is 2.20. The molecule has 126 valence electrons. The number of methoxy groups -OCH3 is 2. The fraction of sp³-hybridized carbons (Fsp3) is 0.529. The summed E-state index contributed by atoms with van der Waals surface area (Å²) in [4.78, 5) is 23.6. The van der Waals surface area contributed by atoms with Crippen molar-refractivity contribution in [2.24, 2.45) is 5.92 Å². The van der Waals surface area contributed by atoms with Gasteiger partial charge in [-0.15, -0.1) is 0 Å². The third-order valence-corrected chi connectivity index (χ3v) is 3.98. The normalized spacial score (nSPS) is 14.3. The van der Waals surface area contributed by atoms with Gasteiger partial charge in [-0.2, -0.15) is 0 Å². The molecule has 1 N–H and O–H groups in total. The number of anilines is 1. The van der Waals surface area contributed by atoms with E-state index in [0.29, 0.717) is 29.5 Å². The predicted molar refractivity (Wildman–Crippen MR) is 85.7 cm³/mol. The maximum Gasteiger partial charge on any atom is 0.306 e. The monoisotopic (exact) mass is 321 g/mol. The Morgan fingerprint density at radius 3 is 2.57 bits per heavy atom. The third kappa shape index (κ3) is 5.16. The largest absolute Gasteiger partial charge is 0.497 e. The smallest absolute Gasteiger partial charge is 0.306 e. The molecule has 0 spiro atoms. The lowest BCUT2D eigenvalue weighted by Gasteiger charge is -2.12. The van der Waals surface area contributed by atoms with Gasteiger partial charge in [-0.3, -0.25) is 9.59 Å². The average Bonchev–Trinajstić information content (AvgIpc) is 3.06. The Balaban J connectivity index is 1.81. The highest BCUT2D eigenvalue weighted by Crippen LogP contribution is 2.29. The van der Waals surface area contributed by atoms with Crippen molar-refractivity contribution in [3.8, 4) is 11.5 Å². The second kappa shape index (κ2) is 8.41. The molecule has 1 amide bonds. The van der Waals surface area contributed by atoms with Gasteiger partial charge in [0, 0.05) is 12.5 Å². The topological polar surface area (TPSA) is 73.9 Å². The first kappa shape index (κ1) is 17.1. The first-order valence-electron chi connectivity index (χ1n) is 7.80. The van der Waals surface area contributed by atoms with Gasteiger partial charge in [0.05, 0.1) is 19.9 Å². The van der Waals surface area contributed by atoms with E-state index < -0.39 is 5.91 Å². The molecule has 0 heterocycles. The van der Waals surface area contributed by atoms with Crippen molar-refractivity contribution < 1.29 is 23.8 Å². The van der Waals surface area contributed by atoms with Crippen LogP contribution in [0.15, 0.2) is 18.2 Å². The Hall–Kier alpha value is -2.24. The molecule has 0 radical (unpaired) electrons. The Kier molecular flexibility index (Phi) is 6.26. The number of rotatable bonds is 7. The molecule has 6 heteroatoms. The molecular weight excluding hydrogens is 298 g/mol. The summed E-state index contributed by atoms with van der Waals surface area (Å²) in [6.07, 6.45) is 4.90. The SMILES string of the molecule is COc1ccc(NC(=O)COC(=O)CC2CCCC2)c(OC)c1. The van der Waals surface area contributed by atoms with Crippen LogP contribution in [-0.4, -0.2) is 32.7 Å². The Labute approximate surface area is 136 Å². The first-order chi connectivity index (χ1) is 11.1. The van der Waals surface area contributed by atoms with Crippen molar-refractivity contribution in [1.82, 2.24) is 0 Å². The Morgan fingerprint density at radius 2 is 1.91 bits per heavy atom. The van der Waals surface area contributed by atoms with E-state index in [-0.39, 0.29) is 12.6 Å². The summed E-state index contributed by atoms with van der Waals surface area (Å²) in [5.41, 5.74) is 0.505. The maximum absolute atomic E-state index is 11.9. The van der Waals surface area contributed by atoms with Gasteiger partial charge < -0.3 is 19.5 Å². The number of carbonyl (C=O) groups excluding carboxylic acids is 2. The van der Waals surface area contributed by atoms with Crippen LogP contribution >= 0.6 is 0 Å². The summed E-state index contributed by atoms with van der Waals surface area (Å²) >= 11 is 0. The van der Waals surface area contributed by atoms with Crippen LogP contribution in [0.4, 0.5) is 5.69 Å². The molecule has 1 fully saturated rings. The molecule has 0 unspecified atom stereocenters. The van der Waals surface area contributed by atoms with Crippen LogP contribution in [0, 0.1) is 5.92 Å². The fourth-order valence-electron chi connectivity index (χ4n) is 2.74. The van der Waals surface area contributed by atoms with Crippen molar-refractivity contribution >= 4 is 17.6 Å². The van der Waals surface area contributed by atoms with Gasteiger partial charge in [-0.05, 0) is 30.9 Å². The molecule has 0 aromatic heterocycles. The summed E-state index contributed by atoms with van der Waals surface area (Å²) in [5, 5.41) is 2.67. The van der Waals surface area contributed by atoms with Gasteiger partial charge in [0.15, 0.2) is 6.61 Å². The van der Waals surface area contributed by atoms with Crippen LogP contribution in [0.3, 0.4) is 0 Å². The number of hydrogen-bond acceptors (Lipinski definition) is 5. The van der Waals surface area contributed by atoms with E-state index in [2.05, 4.69) is 5.32 Å². The molecule has 1 aliphatic carbocycles. The van der Waals surface area contributed by atoms with E-state index in [1.165, 1.54) is 20.0 Å². The number of benzene rings is 1. The number of amides is 1.